The lowest BCUT2D eigenvalue weighted by molar-refractivity contribution is 0.310. The predicted molar refractivity (Wildman–Crippen MR) is 124 cm³/mol. The van der Waals surface area contributed by atoms with E-state index in [0.717, 1.165) is 53.5 Å². The zero-order valence-electron chi connectivity index (χ0n) is 17.6. The van der Waals surface area contributed by atoms with Gasteiger partial charge in [0.05, 0.1) is 42.8 Å². The van der Waals surface area contributed by atoms with Crippen molar-refractivity contribution in [1.82, 2.24) is 13.6 Å². The van der Waals surface area contributed by atoms with Gasteiger partial charge in [-0.2, -0.15) is 8.75 Å². The van der Waals surface area contributed by atoms with Gasteiger partial charge in [0.15, 0.2) is 0 Å². The highest BCUT2D eigenvalue weighted by atomic mass is 32.1. The molecule has 31 heavy (non-hydrogen) atoms. The van der Waals surface area contributed by atoms with Crippen LogP contribution in [0.1, 0.15) is 27.9 Å². The molecule has 1 atom stereocenters. The fraction of sp³-hybridized carbons (Fsp3) is 0.318. The molecule has 0 spiro atoms. The van der Waals surface area contributed by atoms with Gasteiger partial charge in [0.2, 0.25) is 5.79 Å². The number of methoxy groups -OCH3 is 1. The van der Waals surface area contributed by atoms with Crippen molar-refractivity contribution in [1.29, 1.82) is 0 Å². The van der Waals surface area contributed by atoms with Gasteiger partial charge in [-0.05, 0) is 54.9 Å². The second kappa shape index (κ2) is 7.92. The molecule has 4 N–H and O–H groups in total. The summed E-state index contributed by atoms with van der Waals surface area (Å²) in [7, 11) is 3.81. The molecule has 5 rings (SSSR count). The molecule has 3 heterocycles. The maximum absolute atomic E-state index is 6.80. The molecule has 9 heteroatoms. The van der Waals surface area contributed by atoms with Crippen molar-refractivity contribution in [3.8, 4) is 5.75 Å². The minimum absolute atomic E-state index is 0.614. The summed E-state index contributed by atoms with van der Waals surface area (Å²) in [6.07, 6.45) is 4.60. The van der Waals surface area contributed by atoms with Crippen LogP contribution in [-0.4, -0.2) is 40.6 Å². The third-order valence-electron chi connectivity index (χ3n) is 5.80. The van der Waals surface area contributed by atoms with Crippen LogP contribution in [0.4, 0.5) is 11.4 Å². The number of anilines is 2. The van der Waals surface area contributed by atoms with Crippen LogP contribution in [0.3, 0.4) is 0 Å². The molecule has 1 unspecified atom stereocenters. The molecular formula is C22H25N7OS. The number of benzene rings is 2. The Hall–Kier alpha value is -3.01. The summed E-state index contributed by atoms with van der Waals surface area (Å²) in [6.45, 7) is 2.55. The van der Waals surface area contributed by atoms with E-state index in [-0.39, 0.29) is 0 Å². The number of rotatable bonds is 5. The van der Waals surface area contributed by atoms with E-state index in [2.05, 4.69) is 48.5 Å². The molecule has 0 saturated heterocycles. The smallest absolute Gasteiger partial charge is 0.212 e. The molecule has 2 aromatic carbocycles. The standard InChI is InChI=1S/C22H25N7OS/c1-29-6-5-14-8-21(30-2)19(7-16(14)13-29)22(23)25-10-15-3-4-17(9-20(15)27-22)24-11-18-12-26-31-28-18/h3-4,7-10,12,24,27H,5-6,11,13,23H2,1-2H3. The van der Waals surface area contributed by atoms with Crippen molar-refractivity contribution in [2.45, 2.75) is 25.3 Å². The van der Waals surface area contributed by atoms with Crippen LogP contribution in [0, 0.1) is 0 Å². The summed E-state index contributed by atoms with van der Waals surface area (Å²) in [5.74, 6) is -0.356. The zero-order chi connectivity index (χ0) is 21.4. The lowest BCUT2D eigenvalue weighted by Crippen LogP contribution is -2.45. The number of hydrogen-bond donors (Lipinski definition) is 3. The average Bonchev–Trinajstić information content (AvgIpc) is 3.30. The Bertz CT molecular complexity index is 1130. The third-order valence-corrected chi connectivity index (χ3v) is 6.32. The number of nitrogens with one attached hydrogen (secondary N) is 2. The van der Waals surface area contributed by atoms with E-state index in [1.54, 1.807) is 13.3 Å². The first-order valence-electron chi connectivity index (χ1n) is 10.2. The Morgan fingerprint density at radius 3 is 3.00 bits per heavy atom. The van der Waals surface area contributed by atoms with Crippen LogP contribution < -0.4 is 21.1 Å². The van der Waals surface area contributed by atoms with E-state index in [9.17, 15) is 0 Å². The van der Waals surface area contributed by atoms with E-state index >= 15 is 0 Å². The fourth-order valence-corrected chi connectivity index (χ4v) is 4.51. The first-order chi connectivity index (χ1) is 15.0. The van der Waals surface area contributed by atoms with Crippen LogP contribution in [0.15, 0.2) is 41.5 Å². The molecule has 2 aliphatic heterocycles. The first-order valence-corrected chi connectivity index (χ1v) is 10.9. The molecule has 1 aromatic heterocycles. The number of nitrogens with zero attached hydrogens (tertiary/aromatic N) is 4. The van der Waals surface area contributed by atoms with Crippen molar-refractivity contribution >= 4 is 29.3 Å². The van der Waals surface area contributed by atoms with E-state index < -0.39 is 5.79 Å². The van der Waals surface area contributed by atoms with Crippen molar-refractivity contribution in [2.75, 3.05) is 31.3 Å². The average molecular weight is 436 g/mol. The lowest BCUT2D eigenvalue weighted by Gasteiger charge is -2.34. The van der Waals surface area contributed by atoms with E-state index in [1.165, 1.54) is 22.9 Å². The highest BCUT2D eigenvalue weighted by molar-refractivity contribution is 6.99. The molecule has 0 bridgehead atoms. The largest absolute Gasteiger partial charge is 0.496 e. The number of hydrogen-bond acceptors (Lipinski definition) is 9. The monoisotopic (exact) mass is 435 g/mol. The number of likely N-dealkylation sites (N-methyl/N-ethyl adjacent to an activating group) is 1. The Morgan fingerprint density at radius 1 is 1.29 bits per heavy atom. The predicted octanol–water partition coefficient (Wildman–Crippen LogP) is 2.76. The van der Waals surface area contributed by atoms with Crippen molar-refractivity contribution in [3.05, 3.63) is 64.5 Å². The van der Waals surface area contributed by atoms with Crippen LogP contribution in [0.25, 0.3) is 0 Å². The SMILES string of the molecule is COc1cc2c(cc1C1(N)N=Cc3ccc(NCc4cnsn4)cc3N1)CN(C)CC2. The van der Waals surface area contributed by atoms with Gasteiger partial charge < -0.3 is 20.3 Å². The zero-order valence-corrected chi connectivity index (χ0v) is 18.4. The fourth-order valence-electron chi connectivity index (χ4n) is 4.08. The van der Waals surface area contributed by atoms with Crippen molar-refractivity contribution in [3.63, 3.8) is 0 Å². The van der Waals surface area contributed by atoms with Gasteiger partial charge in [-0.3, -0.25) is 5.73 Å². The number of aliphatic imine (C=N–C) groups is 1. The summed E-state index contributed by atoms with van der Waals surface area (Å²) < 4.78 is 14.0. The Kier molecular flexibility index (Phi) is 5.09. The van der Waals surface area contributed by atoms with E-state index in [0.29, 0.717) is 6.54 Å². The Labute approximate surface area is 185 Å². The van der Waals surface area contributed by atoms with Gasteiger partial charge in [0.25, 0.3) is 0 Å². The number of ether oxygens (including phenoxy) is 1. The molecule has 0 saturated carbocycles. The lowest BCUT2D eigenvalue weighted by atomic mass is 9.93. The second-order valence-electron chi connectivity index (χ2n) is 8.01. The molecule has 2 aliphatic rings. The molecule has 0 fully saturated rings. The first kappa shape index (κ1) is 19.9. The maximum atomic E-state index is 6.80. The minimum atomic E-state index is -1.11. The van der Waals surface area contributed by atoms with Gasteiger partial charge in [-0.1, -0.05) is 0 Å². The summed E-state index contributed by atoms with van der Waals surface area (Å²) >= 11 is 1.21. The van der Waals surface area contributed by atoms with Crippen LogP contribution >= 0.6 is 11.7 Å². The van der Waals surface area contributed by atoms with Gasteiger partial charge >= 0.3 is 0 Å². The maximum Gasteiger partial charge on any atom is 0.212 e. The van der Waals surface area contributed by atoms with Gasteiger partial charge in [0, 0.05) is 36.2 Å². The Morgan fingerprint density at radius 2 is 2.19 bits per heavy atom. The van der Waals surface area contributed by atoms with E-state index in [1.807, 2.05) is 24.4 Å². The number of fused-ring (bicyclic) bond motifs is 2. The molecule has 3 aromatic rings. The number of aromatic nitrogens is 2. The molecular weight excluding hydrogens is 410 g/mol. The third kappa shape index (κ3) is 3.87. The molecule has 0 radical (unpaired) electrons. The minimum Gasteiger partial charge on any atom is -0.496 e. The molecule has 8 nitrogen and oxygen atoms in total. The van der Waals surface area contributed by atoms with Crippen LogP contribution in [-0.2, 0) is 25.3 Å². The molecule has 160 valence electrons. The number of nitrogens with two attached hydrogens (primary N) is 1. The van der Waals surface area contributed by atoms with Gasteiger partial charge in [0.1, 0.15) is 5.75 Å². The van der Waals surface area contributed by atoms with E-state index in [4.69, 9.17) is 10.5 Å². The molecule has 0 amide bonds. The quantitative estimate of drug-likeness (QED) is 0.566. The highest BCUT2D eigenvalue weighted by Crippen LogP contribution is 2.37. The van der Waals surface area contributed by atoms with Crippen LogP contribution in [0.2, 0.25) is 0 Å². The van der Waals surface area contributed by atoms with Crippen molar-refractivity contribution < 1.29 is 4.74 Å². The highest BCUT2D eigenvalue weighted by Gasteiger charge is 2.34. The second-order valence-corrected chi connectivity index (χ2v) is 8.57. The summed E-state index contributed by atoms with van der Waals surface area (Å²) in [5, 5.41) is 6.82. The van der Waals surface area contributed by atoms with Crippen LogP contribution in [0.5, 0.6) is 5.75 Å². The Balaban J connectivity index is 1.45. The van der Waals surface area contributed by atoms with Gasteiger partial charge in [-0.15, -0.1) is 0 Å². The summed E-state index contributed by atoms with van der Waals surface area (Å²) in [5.41, 5.74) is 14.0. The summed E-state index contributed by atoms with van der Waals surface area (Å²) in [6, 6.07) is 10.3. The topological polar surface area (TPSA) is 101 Å². The van der Waals surface area contributed by atoms with Crippen molar-refractivity contribution in [2.24, 2.45) is 10.7 Å². The normalized spacial score (nSPS) is 20.0. The van der Waals surface area contributed by atoms with Gasteiger partial charge in [-0.25, -0.2) is 4.99 Å². The summed E-state index contributed by atoms with van der Waals surface area (Å²) in [4.78, 5) is 6.99. The molecule has 0 aliphatic carbocycles.